The fourth-order valence-corrected chi connectivity index (χ4v) is 1.88. The molecule has 0 atom stereocenters. The zero-order valence-electron chi connectivity index (χ0n) is 10.6. The lowest BCUT2D eigenvalue weighted by Gasteiger charge is -2.09. The highest BCUT2D eigenvalue weighted by Gasteiger charge is 2.11. The van der Waals surface area contributed by atoms with Gasteiger partial charge in [-0.2, -0.15) is 0 Å². The standard InChI is InChI=1S/C14H11ClO5/c1-7-3-13(16)20-11-5-12(10(15)4-9(7)11)19-6-8(2)14(17)18/h3-5H,2,6H2,1H3,(H,17,18). The number of benzene rings is 1. The molecule has 1 N–H and O–H groups in total. The van der Waals surface area contributed by atoms with E-state index in [1.807, 2.05) is 0 Å². The van der Waals surface area contributed by atoms with Crippen LogP contribution in [0.2, 0.25) is 5.02 Å². The average molecular weight is 295 g/mol. The molecule has 0 bridgehead atoms. The predicted octanol–water partition coefficient (Wildman–Crippen LogP) is 2.77. The maximum absolute atomic E-state index is 11.3. The molecule has 0 radical (unpaired) electrons. The molecule has 20 heavy (non-hydrogen) atoms. The SMILES string of the molecule is C=C(COc1cc2oc(=O)cc(C)c2cc1Cl)C(=O)O. The first-order valence-corrected chi connectivity index (χ1v) is 6.04. The summed E-state index contributed by atoms with van der Waals surface area (Å²) in [6.07, 6.45) is 0. The van der Waals surface area contributed by atoms with Crippen LogP contribution in [0.5, 0.6) is 5.75 Å². The van der Waals surface area contributed by atoms with E-state index >= 15 is 0 Å². The Morgan fingerprint density at radius 3 is 2.80 bits per heavy atom. The van der Waals surface area contributed by atoms with Gasteiger partial charge in [0.25, 0.3) is 0 Å². The molecule has 0 amide bonds. The smallest absolute Gasteiger partial charge is 0.336 e. The van der Waals surface area contributed by atoms with Crippen LogP contribution in [0.15, 0.2) is 39.6 Å². The summed E-state index contributed by atoms with van der Waals surface area (Å²) in [6, 6.07) is 4.43. The van der Waals surface area contributed by atoms with Crippen LogP contribution in [0.3, 0.4) is 0 Å². The van der Waals surface area contributed by atoms with Gasteiger partial charge in [-0.05, 0) is 18.6 Å². The summed E-state index contributed by atoms with van der Waals surface area (Å²) in [5, 5.41) is 9.69. The highest BCUT2D eigenvalue weighted by atomic mass is 35.5. The third kappa shape index (κ3) is 2.83. The summed E-state index contributed by atoms with van der Waals surface area (Å²) in [5.74, 6) is -0.917. The minimum Gasteiger partial charge on any atom is -0.487 e. The molecular weight excluding hydrogens is 284 g/mol. The Balaban J connectivity index is 2.40. The minimum absolute atomic E-state index is 0.105. The first-order valence-electron chi connectivity index (χ1n) is 5.66. The second kappa shape index (κ2) is 5.38. The van der Waals surface area contributed by atoms with Crippen molar-refractivity contribution in [3.05, 3.63) is 51.4 Å². The molecule has 0 spiro atoms. The monoisotopic (exact) mass is 294 g/mol. The quantitative estimate of drug-likeness (QED) is 0.693. The van der Waals surface area contributed by atoms with Crippen molar-refractivity contribution >= 4 is 28.5 Å². The van der Waals surface area contributed by atoms with Crippen molar-refractivity contribution < 1.29 is 19.1 Å². The van der Waals surface area contributed by atoms with Crippen LogP contribution in [0.1, 0.15) is 5.56 Å². The van der Waals surface area contributed by atoms with Gasteiger partial charge in [-0.15, -0.1) is 0 Å². The van der Waals surface area contributed by atoms with Gasteiger partial charge in [0, 0.05) is 17.5 Å². The predicted molar refractivity (Wildman–Crippen MR) is 74.5 cm³/mol. The van der Waals surface area contributed by atoms with Gasteiger partial charge in [-0.3, -0.25) is 0 Å². The summed E-state index contributed by atoms with van der Waals surface area (Å²) < 4.78 is 10.3. The molecule has 1 heterocycles. The van der Waals surface area contributed by atoms with Crippen molar-refractivity contribution in [3.8, 4) is 5.75 Å². The number of aliphatic carboxylic acids is 1. The molecule has 1 aromatic heterocycles. The van der Waals surface area contributed by atoms with Crippen molar-refractivity contribution in [1.82, 2.24) is 0 Å². The molecule has 0 fully saturated rings. The summed E-state index contributed by atoms with van der Waals surface area (Å²) >= 11 is 6.06. The van der Waals surface area contributed by atoms with Gasteiger partial charge in [0.1, 0.15) is 17.9 Å². The first kappa shape index (κ1) is 14.1. The molecule has 0 saturated carbocycles. The van der Waals surface area contributed by atoms with E-state index in [2.05, 4.69) is 6.58 Å². The lowest BCUT2D eigenvalue weighted by Crippen LogP contribution is -2.09. The second-order valence-electron chi connectivity index (χ2n) is 4.22. The Kier molecular flexibility index (Phi) is 3.81. The maximum Gasteiger partial charge on any atom is 0.336 e. The van der Waals surface area contributed by atoms with Gasteiger partial charge in [0.2, 0.25) is 0 Å². The van der Waals surface area contributed by atoms with Crippen molar-refractivity contribution in [1.29, 1.82) is 0 Å². The van der Waals surface area contributed by atoms with Gasteiger partial charge in [0.05, 0.1) is 10.6 Å². The van der Waals surface area contributed by atoms with Crippen LogP contribution >= 0.6 is 11.6 Å². The lowest BCUT2D eigenvalue weighted by atomic mass is 10.1. The fourth-order valence-electron chi connectivity index (χ4n) is 1.66. The normalized spacial score (nSPS) is 10.5. The van der Waals surface area contributed by atoms with E-state index in [1.165, 1.54) is 12.1 Å². The third-order valence-electron chi connectivity index (χ3n) is 2.71. The molecule has 0 saturated heterocycles. The van der Waals surface area contributed by atoms with E-state index in [0.717, 1.165) is 5.56 Å². The molecule has 1 aromatic carbocycles. The molecule has 0 aliphatic rings. The fraction of sp³-hybridized carbons (Fsp3) is 0.143. The Labute approximate surface area is 119 Å². The highest BCUT2D eigenvalue weighted by molar-refractivity contribution is 6.32. The highest BCUT2D eigenvalue weighted by Crippen LogP contribution is 2.31. The summed E-state index contributed by atoms with van der Waals surface area (Å²) in [5.41, 5.74) is 0.486. The van der Waals surface area contributed by atoms with Crippen LogP contribution in [0, 0.1) is 6.92 Å². The number of hydrogen-bond donors (Lipinski definition) is 1. The van der Waals surface area contributed by atoms with Crippen LogP contribution in [-0.2, 0) is 4.79 Å². The Morgan fingerprint density at radius 1 is 1.45 bits per heavy atom. The number of aryl methyl sites for hydroxylation is 1. The minimum atomic E-state index is -1.15. The molecule has 0 unspecified atom stereocenters. The van der Waals surface area contributed by atoms with E-state index < -0.39 is 11.6 Å². The molecule has 0 aliphatic carbocycles. The van der Waals surface area contributed by atoms with Gasteiger partial charge >= 0.3 is 11.6 Å². The molecule has 5 nitrogen and oxygen atoms in total. The Bertz CT molecular complexity index is 760. The topological polar surface area (TPSA) is 76.7 Å². The molecule has 2 rings (SSSR count). The number of carboxylic acid groups (broad SMARTS) is 1. The van der Waals surface area contributed by atoms with Crippen LogP contribution < -0.4 is 10.4 Å². The van der Waals surface area contributed by atoms with Crippen molar-refractivity contribution in [2.24, 2.45) is 0 Å². The number of hydrogen-bond acceptors (Lipinski definition) is 4. The van der Waals surface area contributed by atoms with Gasteiger partial charge < -0.3 is 14.3 Å². The van der Waals surface area contributed by atoms with Crippen molar-refractivity contribution in [2.75, 3.05) is 6.61 Å². The van der Waals surface area contributed by atoms with Crippen LogP contribution in [0.4, 0.5) is 0 Å². The number of carbonyl (C=O) groups is 1. The van der Waals surface area contributed by atoms with Gasteiger partial charge in [-0.25, -0.2) is 9.59 Å². The zero-order valence-corrected chi connectivity index (χ0v) is 11.4. The summed E-state index contributed by atoms with van der Waals surface area (Å²) in [7, 11) is 0. The molecule has 0 aliphatic heterocycles. The molecular formula is C14H11ClO5. The van der Waals surface area contributed by atoms with E-state index in [-0.39, 0.29) is 17.9 Å². The summed E-state index contributed by atoms with van der Waals surface area (Å²) in [4.78, 5) is 22.0. The number of ether oxygens (including phenoxy) is 1. The Morgan fingerprint density at radius 2 is 2.15 bits per heavy atom. The van der Waals surface area contributed by atoms with Crippen molar-refractivity contribution in [3.63, 3.8) is 0 Å². The third-order valence-corrected chi connectivity index (χ3v) is 3.00. The summed E-state index contributed by atoms with van der Waals surface area (Å²) in [6.45, 7) is 4.90. The van der Waals surface area contributed by atoms with Gasteiger partial charge in [0.15, 0.2) is 0 Å². The molecule has 104 valence electrons. The largest absolute Gasteiger partial charge is 0.487 e. The number of halogens is 1. The number of rotatable bonds is 4. The molecule has 6 heteroatoms. The van der Waals surface area contributed by atoms with E-state index in [9.17, 15) is 9.59 Å². The maximum atomic E-state index is 11.3. The average Bonchev–Trinajstić information content (AvgIpc) is 2.36. The van der Waals surface area contributed by atoms with Crippen LogP contribution in [-0.4, -0.2) is 17.7 Å². The van der Waals surface area contributed by atoms with Crippen molar-refractivity contribution in [2.45, 2.75) is 6.92 Å². The van der Waals surface area contributed by atoms with E-state index in [1.54, 1.807) is 13.0 Å². The zero-order chi connectivity index (χ0) is 14.9. The second-order valence-corrected chi connectivity index (χ2v) is 4.63. The number of carboxylic acids is 1. The van der Waals surface area contributed by atoms with Crippen LogP contribution in [0.25, 0.3) is 11.0 Å². The number of fused-ring (bicyclic) bond motifs is 1. The van der Waals surface area contributed by atoms with E-state index in [4.69, 9.17) is 25.9 Å². The van der Waals surface area contributed by atoms with Gasteiger partial charge in [-0.1, -0.05) is 18.2 Å². The molecule has 2 aromatic rings. The van der Waals surface area contributed by atoms with E-state index in [0.29, 0.717) is 16.0 Å². The first-order chi connectivity index (χ1) is 9.38. The Hall–Kier alpha value is -2.27. The lowest BCUT2D eigenvalue weighted by molar-refractivity contribution is -0.133.